The molecule has 3 fully saturated rings. The summed E-state index contributed by atoms with van der Waals surface area (Å²) in [5.74, 6) is 1.15. The van der Waals surface area contributed by atoms with E-state index in [2.05, 4.69) is 71.2 Å². The molecule has 4 heterocycles. The molecule has 0 radical (unpaired) electrons. The number of piperidine rings is 2. The molecule has 1 amide bonds. The Bertz CT molecular complexity index is 1370. The number of thioether (sulfide) groups is 1. The molecular weight excluding hydrogens is 528 g/mol. The molecule has 0 saturated carbocycles. The van der Waals surface area contributed by atoms with Crippen molar-refractivity contribution >= 4 is 28.9 Å². The Morgan fingerprint density at radius 2 is 1.73 bits per heavy atom. The Kier molecular flexibility index (Phi) is 7.88. The van der Waals surface area contributed by atoms with Crippen LogP contribution in [-0.2, 0) is 10.2 Å². The molecular formula is C34H46N4O2S. The van der Waals surface area contributed by atoms with Gasteiger partial charge >= 0.3 is 6.09 Å². The van der Waals surface area contributed by atoms with E-state index in [-0.39, 0.29) is 11.5 Å². The highest BCUT2D eigenvalue weighted by Gasteiger charge is 2.44. The smallest absolute Gasteiger partial charge is 0.410 e. The minimum atomic E-state index is -0.467. The molecule has 7 heteroatoms. The van der Waals surface area contributed by atoms with Crippen molar-refractivity contribution in [2.75, 3.05) is 25.9 Å². The second kappa shape index (κ2) is 11.3. The summed E-state index contributed by atoms with van der Waals surface area (Å²) in [5, 5.41) is 0. The Balaban J connectivity index is 1.18. The summed E-state index contributed by atoms with van der Waals surface area (Å²) < 4.78 is 8.25. The molecule has 3 aliphatic heterocycles. The zero-order valence-corrected chi connectivity index (χ0v) is 26.3. The molecule has 41 heavy (non-hydrogen) atoms. The third-order valence-electron chi connectivity index (χ3n) is 9.90. The molecule has 0 spiro atoms. The number of ether oxygens (including phenoxy) is 1. The van der Waals surface area contributed by atoms with Gasteiger partial charge in [-0.25, -0.2) is 9.78 Å². The van der Waals surface area contributed by atoms with Gasteiger partial charge in [-0.05, 0) is 121 Å². The van der Waals surface area contributed by atoms with Gasteiger partial charge in [0.1, 0.15) is 11.4 Å². The van der Waals surface area contributed by atoms with E-state index in [0.29, 0.717) is 18.1 Å². The molecule has 2 aromatic carbocycles. The molecule has 3 saturated heterocycles. The summed E-state index contributed by atoms with van der Waals surface area (Å²) in [4.78, 5) is 23.9. The normalized spacial score (nSPS) is 24.6. The molecule has 1 aromatic heterocycles. The van der Waals surface area contributed by atoms with Crippen molar-refractivity contribution in [2.45, 2.75) is 107 Å². The van der Waals surface area contributed by atoms with Gasteiger partial charge in [-0.15, -0.1) is 11.8 Å². The van der Waals surface area contributed by atoms with Crippen LogP contribution in [0.15, 0.2) is 53.4 Å². The van der Waals surface area contributed by atoms with Crippen LogP contribution >= 0.6 is 11.8 Å². The van der Waals surface area contributed by atoms with Gasteiger partial charge in [0.05, 0.1) is 11.0 Å². The number of amides is 1. The minimum absolute atomic E-state index is 0.0810. The van der Waals surface area contributed by atoms with Gasteiger partial charge in [-0.2, -0.15) is 0 Å². The molecule has 0 N–H and O–H groups in total. The predicted molar refractivity (Wildman–Crippen MR) is 168 cm³/mol. The summed E-state index contributed by atoms with van der Waals surface area (Å²) in [6, 6.07) is 19.6. The number of carbonyl (C=O) groups is 1. The first-order chi connectivity index (χ1) is 19.7. The van der Waals surface area contributed by atoms with Gasteiger partial charge in [0.25, 0.3) is 0 Å². The SMILES string of the molecule is CSc1cccc(C2(CCN3[C@@H]4CC[C@H]3C[C@@H](n3c(C)nc5ccccc53)C4)CCN(C(=O)OC(C)(C)C)CC2)c1. The maximum Gasteiger partial charge on any atom is 0.410 e. The Hall–Kier alpha value is -2.51. The molecule has 220 valence electrons. The van der Waals surface area contributed by atoms with Crippen molar-refractivity contribution in [3.8, 4) is 0 Å². The van der Waals surface area contributed by atoms with Crippen LogP contribution in [0.3, 0.4) is 0 Å². The van der Waals surface area contributed by atoms with Gasteiger partial charge in [0, 0.05) is 36.1 Å². The van der Waals surface area contributed by atoms with E-state index in [1.165, 1.54) is 41.7 Å². The van der Waals surface area contributed by atoms with Crippen molar-refractivity contribution in [2.24, 2.45) is 0 Å². The standard InChI is InChI=1S/C34H46N4O2S/c1-24-35-30-11-6-7-12-31(30)38(24)28-22-26-13-14-27(23-28)37(26)20-17-34(25-9-8-10-29(21-25)41-5)15-18-36(19-16-34)32(39)40-33(2,3)4/h6-12,21,26-28H,13-20,22-23H2,1-5H3/t26-,27+,28+. The van der Waals surface area contributed by atoms with E-state index in [4.69, 9.17) is 9.72 Å². The zero-order chi connectivity index (χ0) is 28.8. The van der Waals surface area contributed by atoms with Crippen LogP contribution in [0.1, 0.15) is 83.1 Å². The number of nitrogens with zero attached hydrogens (tertiary/aromatic N) is 4. The highest BCUT2D eigenvalue weighted by atomic mass is 32.2. The van der Waals surface area contributed by atoms with E-state index < -0.39 is 5.60 Å². The Morgan fingerprint density at radius 1 is 1.02 bits per heavy atom. The molecule has 6 nitrogen and oxygen atoms in total. The maximum atomic E-state index is 12.9. The molecule has 0 unspecified atom stereocenters. The Morgan fingerprint density at radius 3 is 2.41 bits per heavy atom. The highest BCUT2D eigenvalue weighted by molar-refractivity contribution is 7.98. The molecule has 2 bridgehead atoms. The third-order valence-corrected chi connectivity index (χ3v) is 10.6. The summed E-state index contributed by atoms with van der Waals surface area (Å²) >= 11 is 1.81. The average molecular weight is 575 g/mol. The van der Waals surface area contributed by atoms with Crippen LogP contribution in [0.2, 0.25) is 0 Å². The highest BCUT2D eigenvalue weighted by Crippen LogP contribution is 2.45. The largest absolute Gasteiger partial charge is 0.444 e. The van der Waals surface area contributed by atoms with E-state index in [0.717, 1.165) is 50.2 Å². The number of aromatic nitrogens is 2. The molecule has 3 aliphatic rings. The molecule has 0 aliphatic carbocycles. The number of hydrogen-bond donors (Lipinski definition) is 0. The fraction of sp³-hybridized carbons (Fsp3) is 0.588. The molecule has 6 rings (SSSR count). The van der Waals surface area contributed by atoms with Crippen molar-refractivity contribution in [1.82, 2.24) is 19.4 Å². The van der Waals surface area contributed by atoms with Crippen LogP contribution in [0.25, 0.3) is 11.0 Å². The first-order valence-corrected chi connectivity index (χ1v) is 16.7. The lowest BCUT2D eigenvalue weighted by atomic mass is 9.70. The summed E-state index contributed by atoms with van der Waals surface area (Å²) in [5.41, 5.74) is 3.46. The number of rotatable bonds is 6. The maximum absolute atomic E-state index is 12.9. The number of hydrogen-bond acceptors (Lipinski definition) is 5. The lowest BCUT2D eigenvalue weighted by Gasteiger charge is -2.45. The second-order valence-corrected chi connectivity index (χ2v) is 14.4. The average Bonchev–Trinajstić information content (AvgIpc) is 3.41. The Labute approximate surface area is 249 Å². The van der Waals surface area contributed by atoms with Crippen LogP contribution in [0.4, 0.5) is 4.79 Å². The molecule has 3 aromatic rings. The number of imidazole rings is 1. The first-order valence-electron chi connectivity index (χ1n) is 15.5. The first kappa shape index (κ1) is 28.6. The number of fused-ring (bicyclic) bond motifs is 3. The number of benzene rings is 2. The topological polar surface area (TPSA) is 50.6 Å². The lowest BCUT2D eigenvalue weighted by molar-refractivity contribution is 0.0143. The lowest BCUT2D eigenvalue weighted by Crippen LogP contribution is -2.49. The van der Waals surface area contributed by atoms with Gasteiger partial charge in [-0.1, -0.05) is 24.3 Å². The summed E-state index contributed by atoms with van der Waals surface area (Å²) in [6.45, 7) is 10.6. The van der Waals surface area contributed by atoms with Crippen LogP contribution < -0.4 is 0 Å². The van der Waals surface area contributed by atoms with Gasteiger partial charge in [-0.3, -0.25) is 4.90 Å². The second-order valence-electron chi connectivity index (χ2n) is 13.5. The van der Waals surface area contributed by atoms with Gasteiger partial charge < -0.3 is 14.2 Å². The summed E-state index contributed by atoms with van der Waals surface area (Å²) in [6.07, 6.45) is 10.1. The van der Waals surface area contributed by atoms with Crippen LogP contribution in [0, 0.1) is 6.92 Å². The zero-order valence-electron chi connectivity index (χ0n) is 25.4. The number of likely N-dealkylation sites (tertiary alicyclic amines) is 1. The van der Waals surface area contributed by atoms with Crippen LogP contribution in [0.5, 0.6) is 0 Å². The predicted octanol–water partition coefficient (Wildman–Crippen LogP) is 7.59. The van der Waals surface area contributed by atoms with Crippen molar-refractivity contribution < 1.29 is 9.53 Å². The minimum Gasteiger partial charge on any atom is -0.444 e. The third kappa shape index (κ3) is 5.77. The van der Waals surface area contributed by atoms with E-state index in [9.17, 15) is 4.79 Å². The number of carbonyl (C=O) groups excluding carboxylic acids is 1. The van der Waals surface area contributed by atoms with E-state index >= 15 is 0 Å². The van der Waals surface area contributed by atoms with Gasteiger partial charge in [0.15, 0.2) is 0 Å². The number of aryl methyl sites for hydroxylation is 1. The monoisotopic (exact) mass is 574 g/mol. The van der Waals surface area contributed by atoms with Crippen molar-refractivity contribution in [1.29, 1.82) is 0 Å². The van der Waals surface area contributed by atoms with Crippen molar-refractivity contribution in [3.63, 3.8) is 0 Å². The van der Waals surface area contributed by atoms with E-state index in [1.807, 2.05) is 37.4 Å². The van der Waals surface area contributed by atoms with Crippen LogP contribution in [-0.4, -0.2) is 69.0 Å². The fourth-order valence-corrected chi connectivity index (χ4v) is 8.33. The number of para-hydroxylation sites is 2. The van der Waals surface area contributed by atoms with Gasteiger partial charge in [0.2, 0.25) is 0 Å². The summed E-state index contributed by atoms with van der Waals surface area (Å²) in [7, 11) is 0. The quantitative estimate of drug-likeness (QED) is 0.284. The fourth-order valence-electron chi connectivity index (χ4n) is 7.87. The molecule has 3 atom stereocenters. The van der Waals surface area contributed by atoms with E-state index in [1.54, 1.807) is 0 Å². The van der Waals surface area contributed by atoms with Crippen molar-refractivity contribution in [3.05, 3.63) is 59.9 Å².